The van der Waals surface area contributed by atoms with Crippen LogP contribution in [0.15, 0.2) is 0 Å². The summed E-state index contributed by atoms with van der Waals surface area (Å²) in [7, 11) is 1.94. The molecular weight excluding hydrogens is 226 g/mol. The summed E-state index contributed by atoms with van der Waals surface area (Å²) >= 11 is 0. The van der Waals surface area contributed by atoms with E-state index in [0.29, 0.717) is 6.04 Å². The molecular formula is C11H22ClN3O. The molecule has 2 aliphatic rings. The Morgan fingerprint density at radius 3 is 2.56 bits per heavy atom. The molecule has 0 aromatic rings. The number of nitrogens with one attached hydrogen (secondary N) is 1. The zero-order valence-corrected chi connectivity index (χ0v) is 10.8. The second-order valence-corrected chi connectivity index (χ2v) is 4.59. The van der Waals surface area contributed by atoms with E-state index in [1.807, 2.05) is 16.8 Å². The Hall–Kier alpha value is -0.480. The number of carbonyl (C=O) groups is 1. The van der Waals surface area contributed by atoms with E-state index >= 15 is 0 Å². The van der Waals surface area contributed by atoms with Crippen molar-refractivity contribution in [2.45, 2.75) is 31.7 Å². The Kier molecular flexibility index (Phi) is 5.35. The molecule has 2 saturated heterocycles. The monoisotopic (exact) mass is 247 g/mol. The van der Waals surface area contributed by atoms with E-state index in [1.54, 1.807) is 0 Å². The lowest BCUT2D eigenvalue weighted by atomic mass is 10.1. The highest BCUT2D eigenvalue weighted by atomic mass is 35.5. The number of urea groups is 1. The van der Waals surface area contributed by atoms with Crippen LogP contribution in [-0.2, 0) is 0 Å². The number of nitrogens with zero attached hydrogens (tertiary/aromatic N) is 2. The summed E-state index contributed by atoms with van der Waals surface area (Å²) in [4.78, 5) is 16.0. The van der Waals surface area contributed by atoms with Gasteiger partial charge in [-0.25, -0.2) is 4.79 Å². The molecule has 2 rings (SSSR count). The van der Waals surface area contributed by atoms with Crippen LogP contribution in [-0.4, -0.2) is 55.1 Å². The number of hydrogen-bond donors (Lipinski definition) is 1. The van der Waals surface area contributed by atoms with Gasteiger partial charge in [-0.1, -0.05) is 0 Å². The SMILES string of the molecule is CN(C(=O)N1CCCC1)[C@@H]1CCCNC1.Cl. The molecule has 0 bridgehead atoms. The summed E-state index contributed by atoms with van der Waals surface area (Å²) in [5, 5.41) is 3.35. The Morgan fingerprint density at radius 1 is 1.31 bits per heavy atom. The van der Waals surface area contributed by atoms with Gasteiger partial charge in [-0.05, 0) is 32.2 Å². The maximum Gasteiger partial charge on any atom is 0.320 e. The third kappa shape index (κ3) is 3.01. The predicted molar refractivity (Wildman–Crippen MR) is 67.1 cm³/mol. The molecule has 1 N–H and O–H groups in total. The standard InChI is InChI=1S/C11H21N3O.ClH/c1-13(10-5-4-6-12-9-10)11(15)14-7-2-3-8-14;/h10,12H,2-9H2,1H3;1H/t10-;/m1./s1. The van der Waals surface area contributed by atoms with Crippen molar-refractivity contribution in [2.24, 2.45) is 0 Å². The van der Waals surface area contributed by atoms with E-state index in [0.717, 1.165) is 32.6 Å². The van der Waals surface area contributed by atoms with Gasteiger partial charge in [-0.2, -0.15) is 0 Å². The van der Waals surface area contributed by atoms with Gasteiger partial charge in [0, 0.05) is 32.7 Å². The molecule has 1 atom stereocenters. The van der Waals surface area contributed by atoms with Crippen LogP contribution in [0, 0.1) is 0 Å². The molecule has 0 saturated carbocycles. The molecule has 16 heavy (non-hydrogen) atoms. The van der Waals surface area contributed by atoms with Gasteiger partial charge < -0.3 is 15.1 Å². The van der Waals surface area contributed by atoms with Crippen LogP contribution in [0.2, 0.25) is 0 Å². The van der Waals surface area contributed by atoms with Gasteiger partial charge in [0.2, 0.25) is 0 Å². The highest BCUT2D eigenvalue weighted by Crippen LogP contribution is 2.14. The second kappa shape index (κ2) is 6.30. The largest absolute Gasteiger partial charge is 0.325 e. The van der Waals surface area contributed by atoms with Crippen LogP contribution in [0.4, 0.5) is 4.79 Å². The number of rotatable bonds is 1. The fourth-order valence-corrected chi connectivity index (χ4v) is 2.45. The van der Waals surface area contributed by atoms with Gasteiger partial charge in [-0.15, -0.1) is 12.4 Å². The first-order valence-corrected chi connectivity index (χ1v) is 6.01. The molecule has 94 valence electrons. The number of hydrogen-bond acceptors (Lipinski definition) is 2. The van der Waals surface area contributed by atoms with Crippen molar-refractivity contribution >= 4 is 18.4 Å². The van der Waals surface area contributed by atoms with Crippen LogP contribution in [0.3, 0.4) is 0 Å². The van der Waals surface area contributed by atoms with Gasteiger partial charge >= 0.3 is 6.03 Å². The van der Waals surface area contributed by atoms with Gasteiger partial charge in [-0.3, -0.25) is 0 Å². The highest BCUT2D eigenvalue weighted by molar-refractivity contribution is 5.85. The minimum Gasteiger partial charge on any atom is -0.325 e. The molecule has 0 unspecified atom stereocenters. The van der Waals surface area contributed by atoms with Crippen LogP contribution in [0.25, 0.3) is 0 Å². The zero-order valence-electron chi connectivity index (χ0n) is 9.95. The molecule has 5 heteroatoms. The highest BCUT2D eigenvalue weighted by Gasteiger charge is 2.26. The van der Waals surface area contributed by atoms with E-state index in [-0.39, 0.29) is 18.4 Å². The number of amides is 2. The topological polar surface area (TPSA) is 35.6 Å². The number of piperidine rings is 1. The van der Waals surface area contributed by atoms with Crippen LogP contribution >= 0.6 is 12.4 Å². The molecule has 2 heterocycles. The summed E-state index contributed by atoms with van der Waals surface area (Å²) in [6, 6.07) is 0.619. The van der Waals surface area contributed by atoms with E-state index in [2.05, 4.69) is 5.32 Å². The maximum atomic E-state index is 12.1. The molecule has 0 aromatic carbocycles. The van der Waals surface area contributed by atoms with E-state index in [4.69, 9.17) is 0 Å². The van der Waals surface area contributed by atoms with Gasteiger partial charge in [0.15, 0.2) is 0 Å². The van der Waals surface area contributed by atoms with Crippen molar-refractivity contribution in [3.63, 3.8) is 0 Å². The fraction of sp³-hybridized carbons (Fsp3) is 0.909. The summed E-state index contributed by atoms with van der Waals surface area (Å²) in [5.41, 5.74) is 0. The lowest BCUT2D eigenvalue weighted by Crippen LogP contribution is -2.50. The van der Waals surface area contributed by atoms with E-state index in [9.17, 15) is 4.79 Å². The van der Waals surface area contributed by atoms with Crippen LogP contribution in [0.5, 0.6) is 0 Å². The van der Waals surface area contributed by atoms with Crippen molar-refractivity contribution in [3.8, 4) is 0 Å². The summed E-state index contributed by atoms with van der Waals surface area (Å²) in [5.74, 6) is 0. The zero-order chi connectivity index (χ0) is 10.7. The molecule has 0 radical (unpaired) electrons. The van der Waals surface area contributed by atoms with Crippen LogP contribution in [0.1, 0.15) is 25.7 Å². The molecule has 2 aliphatic heterocycles. The van der Waals surface area contributed by atoms with Gasteiger partial charge in [0.05, 0.1) is 0 Å². The molecule has 0 aromatic heterocycles. The van der Waals surface area contributed by atoms with Gasteiger partial charge in [0.25, 0.3) is 0 Å². The first kappa shape index (κ1) is 13.6. The Bertz CT molecular complexity index is 225. The maximum absolute atomic E-state index is 12.1. The Balaban J connectivity index is 0.00000128. The first-order chi connectivity index (χ1) is 7.29. The molecule has 4 nitrogen and oxygen atoms in total. The smallest absolute Gasteiger partial charge is 0.320 e. The molecule has 2 fully saturated rings. The van der Waals surface area contributed by atoms with Crippen molar-refractivity contribution < 1.29 is 4.79 Å². The van der Waals surface area contributed by atoms with Crippen LogP contribution < -0.4 is 5.32 Å². The third-order valence-electron chi connectivity index (χ3n) is 3.50. The van der Waals surface area contributed by atoms with Crippen molar-refractivity contribution in [1.29, 1.82) is 0 Å². The molecule has 2 amide bonds. The summed E-state index contributed by atoms with van der Waals surface area (Å²) in [6.45, 7) is 3.95. The number of likely N-dealkylation sites (N-methyl/N-ethyl adjacent to an activating group) is 1. The van der Waals surface area contributed by atoms with Crippen molar-refractivity contribution in [1.82, 2.24) is 15.1 Å². The quantitative estimate of drug-likeness (QED) is 0.759. The predicted octanol–water partition coefficient (Wildman–Crippen LogP) is 1.31. The Morgan fingerprint density at radius 2 is 2.00 bits per heavy atom. The average Bonchev–Trinajstić information content (AvgIpc) is 2.82. The summed E-state index contributed by atoms with van der Waals surface area (Å²) < 4.78 is 0. The minimum absolute atomic E-state index is 0. The average molecular weight is 248 g/mol. The third-order valence-corrected chi connectivity index (χ3v) is 3.50. The Labute approximate surface area is 104 Å². The molecule has 0 spiro atoms. The molecule has 0 aliphatic carbocycles. The van der Waals surface area contributed by atoms with E-state index < -0.39 is 0 Å². The number of likely N-dealkylation sites (tertiary alicyclic amines) is 1. The van der Waals surface area contributed by atoms with Crippen molar-refractivity contribution in [2.75, 3.05) is 33.2 Å². The minimum atomic E-state index is 0. The number of halogens is 1. The normalized spacial score (nSPS) is 25.1. The first-order valence-electron chi connectivity index (χ1n) is 6.01. The van der Waals surface area contributed by atoms with Crippen molar-refractivity contribution in [3.05, 3.63) is 0 Å². The lowest BCUT2D eigenvalue weighted by molar-refractivity contribution is 0.146. The van der Waals surface area contributed by atoms with E-state index in [1.165, 1.54) is 19.3 Å². The second-order valence-electron chi connectivity index (χ2n) is 4.59. The number of carbonyl (C=O) groups excluding carboxylic acids is 1. The summed E-state index contributed by atoms with van der Waals surface area (Å²) in [6.07, 6.45) is 4.66. The lowest BCUT2D eigenvalue weighted by Gasteiger charge is -2.34. The van der Waals surface area contributed by atoms with Gasteiger partial charge in [0.1, 0.15) is 0 Å². The fourth-order valence-electron chi connectivity index (χ4n) is 2.45.